The summed E-state index contributed by atoms with van der Waals surface area (Å²) in [5.41, 5.74) is 2.26. The Bertz CT molecular complexity index is 404. The Morgan fingerprint density at radius 1 is 1.10 bits per heavy atom. The Balaban J connectivity index is 1.85. The molecule has 0 bridgehead atoms. The third-order valence-corrected chi connectivity index (χ3v) is 4.27. The zero-order valence-corrected chi connectivity index (χ0v) is 12.7. The Morgan fingerprint density at radius 2 is 1.80 bits per heavy atom. The molecular weight excluding hydrogens is 246 g/mol. The van der Waals surface area contributed by atoms with E-state index in [1.54, 1.807) is 0 Å². The molecule has 2 rings (SSSR count). The molecule has 2 nitrogen and oxygen atoms in total. The molecule has 1 N–H and O–H groups in total. The Labute approximate surface area is 123 Å². The van der Waals surface area contributed by atoms with Crippen molar-refractivity contribution < 1.29 is 4.79 Å². The highest BCUT2D eigenvalue weighted by Gasteiger charge is 2.21. The molecule has 1 aromatic rings. The van der Waals surface area contributed by atoms with Crippen LogP contribution in [0.25, 0.3) is 0 Å². The van der Waals surface area contributed by atoms with Crippen molar-refractivity contribution in [3.63, 3.8) is 0 Å². The van der Waals surface area contributed by atoms with Gasteiger partial charge in [-0.05, 0) is 44.3 Å². The maximum atomic E-state index is 12.4. The maximum Gasteiger partial charge on any atom is 0.166 e. The summed E-state index contributed by atoms with van der Waals surface area (Å²) >= 11 is 0. The molecule has 110 valence electrons. The summed E-state index contributed by atoms with van der Waals surface area (Å²) in [4.78, 5) is 12.4. The van der Waals surface area contributed by atoms with E-state index in [0.29, 0.717) is 5.78 Å². The molecule has 2 heteroatoms. The van der Waals surface area contributed by atoms with Gasteiger partial charge in [-0.3, -0.25) is 4.79 Å². The lowest BCUT2D eigenvalue weighted by Crippen LogP contribution is -2.31. The van der Waals surface area contributed by atoms with Crippen molar-refractivity contribution in [1.82, 2.24) is 5.32 Å². The minimum atomic E-state index is 0.228. The number of carbonyl (C=O) groups is 1. The van der Waals surface area contributed by atoms with Crippen LogP contribution in [0.3, 0.4) is 0 Å². The largest absolute Gasteiger partial charge is 0.317 e. The van der Waals surface area contributed by atoms with E-state index in [1.165, 1.54) is 31.2 Å². The summed E-state index contributed by atoms with van der Waals surface area (Å²) in [6.07, 6.45) is 8.29. The van der Waals surface area contributed by atoms with Gasteiger partial charge in [-0.25, -0.2) is 0 Å². The van der Waals surface area contributed by atoms with Gasteiger partial charge in [0.15, 0.2) is 5.78 Å². The molecule has 0 spiro atoms. The number of Topliss-reactive ketones (excluding diaryl/α,β-unsaturated/α-hetero) is 1. The number of hydrogen-bond acceptors (Lipinski definition) is 2. The summed E-state index contributed by atoms with van der Waals surface area (Å²) in [6, 6.07) is 8.33. The second kappa shape index (κ2) is 8.21. The number of nitrogens with one attached hydrogen (secondary N) is 1. The number of unbranched alkanes of at least 4 members (excludes halogenated alkanes) is 3. The molecule has 0 aliphatic carbocycles. The second-order valence-corrected chi connectivity index (χ2v) is 5.90. The molecule has 1 heterocycles. The monoisotopic (exact) mass is 273 g/mol. The van der Waals surface area contributed by atoms with Crippen molar-refractivity contribution in [2.75, 3.05) is 13.1 Å². The Morgan fingerprint density at radius 3 is 2.45 bits per heavy atom. The molecule has 0 radical (unpaired) electrons. The number of rotatable bonds is 7. The molecule has 0 aromatic heterocycles. The number of hydrogen-bond donors (Lipinski definition) is 1. The molecule has 1 aromatic carbocycles. The van der Waals surface area contributed by atoms with Crippen molar-refractivity contribution in [2.45, 2.75) is 51.9 Å². The molecule has 1 fully saturated rings. The van der Waals surface area contributed by atoms with Gasteiger partial charge in [-0.15, -0.1) is 0 Å². The predicted octanol–water partition coefficient (Wildman–Crippen LogP) is 3.99. The minimum absolute atomic E-state index is 0.228. The van der Waals surface area contributed by atoms with Crippen molar-refractivity contribution in [3.8, 4) is 0 Å². The second-order valence-electron chi connectivity index (χ2n) is 5.90. The van der Waals surface area contributed by atoms with E-state index in [4.69, 9.17) is 0 Å². The van der Waals surface area contributed by atoms with Crippen LogP contribution in [0.15, 0.2) is 24.3 Å². The summed E-state index contributed by atoms with van der Waals surface area (Å²) in [5, 5.41) is 3.31. The summed E-state index contributed by atoms with van der Waals surface area (Å²) < 4.78 is 0. The highest BCUT2D eigenvalue weighted by Crippen LogP contribution is 2.19. The average Bonchev–Trinajstić information content (AvgIpc) is 2.52. The number of aryl methyl sites for hydroxylation is 1. The molecule has 0 atom stereocenters. The van der Waals surface area contributed by atoms with E-state index >= 15 is 0 Å². The van der Waals surface area contributed by atoms with E-state index < -0.39 is 0 Å². The van der Waals surface area contributed by atoms with Crippen LogP contribution in [0.5, 0.6) is 0 Å². The van der Waals surface area contributed by atoms with Crippen molar-refractivity contribution in [2.24, 2.45) is 5.92 Å². The number of carbonyl (C=O) groups excluding carboxylic acids is 1. The normalized spacial score (nSPS) is 16.2. The first-order valence-electron chi connectivity index (χ1n) is 8.15. The van der Waals surface area contributed by atoms with Crippen LogP contribution < -0.4 is 5.32 Å². The number of benzene rings is 1. The summed E-state index contributed by atoms with van der Waals surface area (Å²) in [7, 11) is 0. The van der Waals surface area contributed by atoms with E-state index in [2.05, 4.69) is 24.4 Å². The average molecular weight is 273 g/mol. The third kappa shape index (κ3) is 4.45. The number of piperidine rings is 1. The highest BCUT2D eigenvalue weighted by atomic mass is 16.1. The van der Waals surface area contributed by atoms with Gasteiger partial charge >= 0.3 is 0 Å². The van der Waals surface area contributed by atoms with Gasteiger partial charge in [-0.1, -0.05) is 50.5 Å². The van der Waals surface area contributed by atoms with Crippen LogP contribution in [-0.4, -0.2) is 18.9 Å². The van der Waals surface area contributed by atoms with Gasteiger partial charge < -0.3 is 5.32 Å². The summed E-state index contributed by atoms with van der Waals surface area (Å²) in [5.74, 6) is 0.565. The van der Waals surface area contributed by atoms with Crippen LogP contribution in [0.4, 0.5) is 0 Å². The highest BCUT2D eigenvalue weighted by molar-refractivity contribution is 5.97. The minimum Gasteiger partial charge on any atom is -0.317 e. The van der Waals surface area contributed by atoms with Crippen molar-refractivity contribution >= 4 is 5.78 Å². The lowest BCUT2D eigenvalue weighted by atomic mass is 9.89. The fraction of sp³-hybridized carbons (Fsp3) is 0.611. The van der Waals surface area contributed by atoms with Crippen LogP contribution in [0.2, 0.25) is 0 Å². The van der Waals surface area contributed by atoms with Gasteiger partial charge in [-0.2, -0.15) is 0 Å². The van der Waals surface area contributed by atoms with Gasteiger partial charge in [0.05, 0.1) is 0 Å². The smallest absolute Gasteiger partial charge is 0.166 e. The molecule has 0 unspecified atom stereocenters. The third-order valence-electron chi connectivity index (χ3n) is 4.27. The van der Waals surface area contributed by atoms with E-state index in [9.17, 15) is 4.79 Å². The van der Waals surface area contributed by atoms with E-state index in [0.717, 1.165) is 37.9 Å². The molecule has 0 amide bonds. The lowest BCUT2D eigenvalue weighted by Gasteiger charge is -2.21. The molecule has 1 aliphatic heterocycles. The lowest BCUT2D eigenvalue weighted by molar-refractivity contribution is 0.0895. The van der Waals surface area contributed by atoms with Crippen LogP contribution >= 0.6 is 0 Å². The zero-order valence-electron chi connectivity index (χ0n) is 12.7. The number of ketones is 1. The maximum absolute atomic E-state index is 12.4. The fourth-order valence-corrected chi connectivity index (χ4v) is 2.91. The molecule has 20 heavy (non-hydrogen) atoms. The van der Waals surface area contributed by atoms with E-state index in [1.807, 2.05) is 12.1 Å². The predicted molar refractivity (Wildman–Crippen MR) is 84.2 cm³/mol. The first-order valence-corrected chi connectivity index (χ1v) is 8.15. The first-order chi connectivity index (χ1) is 9.81. The van der Waals surface area contributed by atoms with Gasteiger partial charge in [0.2, 0.25) is 0 Å². The summed E-state index contributed by atoms with van der Waals surface area (Å²) in [6.45, 7) is 4.19. The fourth-order valence-electron chi connectivity index (χ4n) is 2.91. The zero-order chi connectivity index (χ0) is 14.2. The Hall–Kier alpha value is -1.15. The standard InChI is InChI=1S/C18H27NO/c1-2-3-4-5-6-15-7-9-16(10-8-15)18(20)17-11-13-19-14-12-17/h7-10,17,19H,2-6,11-14H2,1H3. The van der Waals surface area contributed by atoms with E-state index in [-0.39, 0.29) is 5.92 Å². The van der Waals surface area contributed by atoms with Gasteiger partial charge in [0.1, 0.15) is 0 Å². The molecule has 0 saturated carbocycles. The van der Waals surface area contributed by atoms with Crippen LogP contribution in [0.1, 0.15) is 61.4 Å². The van der Waals surface area contributed by atoms with Crippen LogP contribution in [0, 0.1) is 5.92 Å². The Kier molecular flexibility index (Phi) is 6.25. The molecular formula is C18H27NO. The SMILES string of the molecule is CCCCCCc1ccc(C(=O)C2CCNCC2)cc1. The first kappa shape index (κ1) is 15.2. The quantitative estimate of drug-likeness (QED) is 0.601. The van der Waals surface area contributed by atoms with Gasteiger partial charge in [0.25, 0.3) is 0 Å². The van der Waals surface area contributed by atoms with Crippen LogP contribution in [-0.2, 0) is 6.42 Å². The van der Waals surface area contributed by atoms with Crippen molar-refractivity contribution in [1.29, 1.82) is 0 Å². The molecule has 1 aliphatic rings. The topological polar surface area (TPSA) is 29.1 Å². The molecule has 1 saturated heterocycles. The van der Waals surface area contributed by atoms with Crippen molar-refractivity contribution in [3.05, 3.63) is 35.4 Å². The van der Waals surface area contributed by atoms with Gasteiger partial charge in [0, 0.05) is 11.5 Å².